The first kappa shape index (κ1) is 10.4. The molecule has 2 rings (SSSR count). The molecule has 0 spiro atoms. The summed E-state index contributed by atoms with van der Waals surface area (Å²) in [6.07, 6.45) is -3.33. The number of hydrogen-bond donors (Lipinski definition) is 0. The number of pyridine rings is 1. The maximum atomic E-state index is 12.6. The monoisotopic (exact) mass is 222 g/mol. The van der Waals surface area contributed by atoms with Crippen LogP contribution in [0.2, 0.25) is 0 Å². The van der Waals surface area contributed by atoms with Gasteiger partial charge < -0.3 is 0 Å². The Bertz CT molecular complexity index is 582. The molecule has 0 unspecified atom stereocenters. The van der Waals surface area contributed by atoms with Gasteiger partial charge in [-0.3, -0.25) is 0 Å². The summed E-state index contributed by atoms with van der Waals surface area (Å²) in [7, 11) is 0. The van der Waals surface area contributed by atoms with Crippen molar-refractivity contribution in [1.82, 2.24) is 4.98 Å². The lowest BCUT2D eigenvalue weighted by Crippen LogP contribution is -2.05. The van der Waals surface area contributed by atoms with Gasteiger partial charge in [0.15, 0.2) is 0 Å². The van der Waals surface area contributed by atoms with Crippen molar-refractivity contribution in [1.29, 1.82) is 5.26 Å². The fourth-order valence-electron chi connectivity index (χ4n) is 1.48. The predicted molar refractivity (Wildman–Crippen MR) is 51.5 cm³/mol. The molecule has 0 aliphatic carbocycles. The van der Waals surface area contributed by atoms with E-state index in [1.807, 2.05) is 0 Å². The molecule has 0 saturated heterocycles. The summed E-state index contributed by atoms with van der Waals surface area (Å²) in [5, 5.41) is 8.96. The van der Waals surface area contributed by atoms with Gasteiger partial charge in [-0.15, -0.1) is 0 Å². The number of rotatable bonds is 0. The fourth-order valence-corrected chi connectivity index (χ4v) is 1.48. The molecule has 1 aromatic heterocycles. The second kappa shape index (κ2) is 3.49. The number of alkyl halides is 3. The molecular weight excluding hydrogens is 217 g/mol. The summed E-state index contributed by atoms with van der Waals surface area (Å²) in [5.74, 6) is 0. The fraction of sp³-hybridized carbons (Fsp3) is 0.0909. The summed E-state index contributed by atoms with van der Waals surface area (Å²) in [6, 6.07) is 6.95. The Morgan fingerprint density at radius 1 is 1.25 bits per heavy atom. The number of fused-ring (bicyclic) bond motifs is 1. The maximum absolute atomic E-state index is 12.6. The van der Waals surface area contributed by atoms with Gasteiger partial charge in [0.05, 0.1) is 5.56 Å². The predicted octanol–water partition coefficient (Wildman–Crippen LogP) is 3.13. The minimum atomic E-state index is -4.41. The molecule has 1 heterocycles. The third-order valence-corrected chi connectivity index (χ3v) is 2.18. The van der Waals surface area contributed by atoms with Crippen LogP contribution in [0.1, 0.15) is 11.3 Å². The van der Waals surface area contributed by atoms with Crippen molar-refractivity contribution in [3.8, 4) is 6.07 Å². The molecule has 0 bridgehead atoms. The summed E-state index contributed by atoms with van der Waals surface area (Å²) < 4.78 is 37.8. The van der Waals surface area contributed by atoms with Gasteiger partial charge in [0.25, 0.3) is 0 Å². The highest BCUT2D eigenvalue weighted by Gasteiger charge is 2.32. The number of benzene rings is 1. The van der Waals surface area contributed by atoms with E-state index in [9.17, 15) is 13.2 Å². The molecule has 80 valence electrons. The highest BCUT2D eigenvalue weighted by Crippen LogP contribution is 2.34. The van der Waals surface area contributed by atoms with E-state index in [1.165, 1.54) is 18.2 Å². The Hall–Kier alpha value is -2.09. The van der Waals surface area contributed by atoms with Crippen molar-refractivity contribution in [3.05, 3.63) is 41.7 Å². The van der Waals surface area contributed by atoms with Crippen LogP contribution in [0.5, 0.6) is 0 Å². The normalized spacial score (nSPS) is 11.4. The van der Waals surface area contributed by atoms with Crippen molar-refractivity contribution in [2.45, 2.75) is 6.18 Å². The minimum absolute atomic E-state index is 0.00833. The first-order valence-electron chi connectivity index (χ1n) is 4.38. The molecule has 5 heteroatoms. The van der Waals surface area contributed by atoms with E-state index in [2.05, 4.69) is 4.98 Å². The molecule has 16 heavy (non-hydrogen) atoms. The van der Waals surface area contributed by atoms with Crippen LogP contribution in [0.4, 0.5) is 13.2 Å². The Kier molecular flexibility index (Phi) is 2.27. The van der Waals surface area contributed by atoms with Crippen molar-refractivity contribution in [2.24, 2.45) is 0 Å². The topological polar surface area (TPSA) is 36.7 Å². The number of hydrogen-bond acceptors (Lipinski definition) is 2. The Morgan fingerprint density at radius 3 is 2.62 bits per heavy atom. The Balaban J connectivity index is 2.76. The molecule has 0 saturated carbocycles. The molecule has 0 amide bonds. The van der Waals surface area contributed by atoms with E-state index in [0.29, 0.717) is 5.39 Å². The van der Waals surface area contributed by atoms with Gasteiger partial charge in [-0.2, -0.15) is 18.4 Å². The number of nitriles is 1. The van der Waals surface area contributed by atoms with Crippen LogP contribution >= 0.6 is 0 Å². The Labute approximate surface area is 89.0 Å². The van der Waals surface area contributed by atoms with Crippen LogP contribution in [0.15, 0.2) is 30.5 Å². The van der Waals surface area contributed by atoms with Gasteiger partial charge in [0.2, 0.25) is 0 Å². The maximum Gasteiger partial charge on any atom is 0.417 e. The SMILES string of the molecule is N#Cc1cc2cccc(C(F)(F)F)c2cn1. The molecule has 1 aromatic carbocycles. The lowest BCUT2D eigenvalue weighted by atomic mass is 10.1. The van der Waals surface area contributed by atoms with Crippen LogP contribution in [-0.2, 0) is 6.18 Å². The van der Waals surface area contributed by atoms with E-state index in [1.54, 1.807) is 6.07 Å². The van der Waals surface area contributed by atoms with E-state index < -0.39 is 11.7 Å². The summed E-state index contributed by atoms with van der Waals surface area (Å²) in [5.41, 5.74) is -0.631. The molecule has 0 aliphatic heterocycles. The quantitative estimate of drug-likeness (QED) is 0.686. The largest absolute Gasteiger partial charge is 0.417 e. The zero-order valence-electron chi connectivity index (χ0n) is 7.92. The lowest BCUT2D eigenvalue weighted by Gasteiger charge is -2.09. The standard InChI is InChI=1S/C11H5F3N2/c12-11(13,14)10-3-1-2-7-4-8(5-15)16-6-9(7)10/h1-4,6H. The van der Waals surface area contributed by atoms with Crippen molar-refractivity contribution >= 4 is 10.8 Å². The first-order valence-corrected chi connectivity index (χ1v) is 4.38. The van der Waals surface area contributed by atoms with Crippen molar-refractivity contribution in [3.63, 3.8) is 0 Å². The molecule has 0 N–H and O–H groups in total. The lowest BCUT2D eigenvalue weighted by molar-refractivity contribution is -0.136. The molecule has 2 aromatic rings. The molecule has 0 atom stereocenters. The van der Waals surface area contributed by atoms with Crippen LogP contribution in [0.3, 0.4) is 0 Å². The molecule has 2 nitrogen and oxygen atoms in total. The van der Waals surface area contributed by atoms with Gasteiger partial charge in [-0.05, 0) is 17.5 Å². The van der Waals surface area contributed by atoms with Crippen LogP contribution in [0, 0.1) is 11.3 Å². The second-order valence-electron chi connectivity index (χ2n) is 3.21. The van der Waals surface area contributed by atoms with E-state index >= 15 is 0 Å². The van der Waals surface area contributed by atoms with Crippen molar-refractivity contribution < 1.29 is 13.2 Å². The average molecular weight is 222 g/mol. The van der Waals surface area contributed by atoms with E-state index in [0.717, 1.165) is 12.3 Å². The number of nitrogens with zero attached hydrogens (tertiary/aromatic N) is 2. The minimum Gasteiger partial charge on any atom is -0.245 e. The van der Waals surface area contributed by atoms with E-state index in [4.69, 9.17) is 5.26 Å². The zero-order valence-corrected chi connectivity index (χ0v) is 7.92. The summed E-state index contributed by atoms with van der Waals surface area (Å²) in [6.45, 7) is 0. The summed E-state index contributed by atoms with van der Waals surface area (Å²) >= 11 is 0. The molecular formula is C11H5F3N2. The summed E-state index contributed by atoms with van der Waals surface area (Å²) in [4.78, 5) is 3.64. The number of halogens is 3. The van der Waals surface area contributed by atoms with Gasteiger partial charge in [-0.1, -0.05) is 12.1 Å². The molecule has 0 aliphatic rings. The smallest absolute Gasteiger partial charge is 0.245 e. The second-order valence-corrected chi connectivity index (χ2v) is 3.21. The third-order valence-electron chi connectivity index (χ3n) is 2.18. The van der Waals surface area contributed by atoms with Gasteiger partial charge in [0, 0.05) is 11.6 Å². The van der Waals surface area contributed by atoms with Crippen LogP contribution < -0.4 is 0 Å². The first-order chi connectivity index (χ1) is 7.52. The van der Waals surface area contributed by atoms with E-state index in [-0.39, 0.29) is 11.1 Å². The van der Waals surface area contributed by atoms with Crippen LogP contribution in [-0.4, -0.2) is 4.98 Å². The number of aromatic nitrogens is 1. The van der Waals surface area contributed by atoms with Gasteiger partial charge in [0.1, 0.15) is 11.8 Å². The van der Waals surface area contributed by atoms with Gasteiger partial charge in [-0.25, -0.2) is 4.98 Å². The Morgan fingerprint density at radius 2 is 2.00 bits per heavy atom. The molecule has 0 fully saturated rings. The average Bonchev–Trinajstić information content (AvgIpc) is 2.26. The zero-order chi connectivity index (χ0) is 11.8. The van der Waals surface area contributed by atoms with Crippen LogP contribution in [0.25, 0.3) is 10.8 Å². The highest BCUT2D eigenvalue weighted by atomic mass is 19.4. The molecule has 0 radical (unpaired) electrons. The van der Waals surface area contributed by atoms with Crippen molar-refractivity contribution in [2.75, 3.05) is 0 Å². The van der Waals surface area contributed by atoms with Gasteiger partial charge >= 0.3 is 6.18 Å². The highest BCUT2D eigenvalue weighted by molar-refractivity contribution is 5.86. The third kappa shape index (κ3) is 1.70.